The van der Waals surface area contributed by atoms with Crippen LogP contribution in [0, 0.1) is 0 Å². The predicted molar refractivity (Wildman–Crippen MR) is 141 cm³/mol. The van der Waals surface area contributed by atoms with E-state index in [1.807, 2.05) is 30.3 Å². The number of nitrogens with one attached hydrogen (secondary N) is 1. The number of hydrogen-bond donors (Lipinski definition) is 1. The van der Waals surface area contributed by atoms with Gasteiger partial charge in [-0.05, 0) is 18.6 Å². The first-order valence-electron chi connectivity index (χ1n) is 12.4. The molecule has 192 valence electrons. The smallest absolute Gasteiger partial charge is 0.322 e. The number of anilines is 2. The predicted octanol–water partition coefficient (Wildman–Crippen LogP) is 4.61. The second-order valence-electron chi connectivity index (χ2n) is 8.76. The zero-order valence-corrected chi connectivity index (χ0v) is 21.2. The number of ether oxygens (including phenoxy) is 2. The van der Waals surface area contributed by atoms with Crippen LogP contribution in [0.5, 0.6) is 11.5 Å². The molecule has 2 aromatic heterocycles. The molecular weight excluding hydrogens is 472 g/mol. The third kappa shape index (κ3) is 5.00. The number of hydrogen-bond acceptors (Lipinski definition) is 8. The van der Waals surface area contributed by atoms with E-state index in [0.29, 0.717) is 49.1 Å². The minimum Gasteiger partial charge on any atom is -0.497 e. The third-order valence-electron chi connectivity index (χ3n) is 6.40. The van der Waals surface area contributed by atoms with Crippen molar-refractivity contribution in [1.82, 2.24) is 20.0 Å². The number of carbonyl (C=O) groups is 1. The van der Waals surface area contributed by atoms with Crippen LogP contribution in [0.3, 0.4) is 0 Å². The van der Waals surface area contributed by atoms with Crippen LogP contribution >= 0.6 is 0 Å². The van der Waals surface area contributed by atoms with E-state index in [2.05, 4.69) is 27.3 Å². The van der Waals surface area contributed by atoms with Crippen LogP contribution in [0.25, 0.3) is 22.4 Å². The highest BCUT2D eigenvalue weighted by atomic mass is 16.5. The Labute approximate surface area is 215 Å². The van der Waals surface area contributed by atoms with Crippen LogP contribution < -0.4 is 19.7 Å². The van der Waals surface area contributed by atoms with E-state index in [1.54, 1.807) is 37.3 Å². The molecule has 1 aliphatic heterocycles. The monoisotopic (exact) mass is 502 g/mol. The number of piperazine rings is 1. The van der Waals surface area contributed by atoms with Gasteiger partial charge in [0.05, 0.1) is 19.9 Å². The van der Waals surface area contributed by atoms with Gasteiger partial charge in [0, 0.05) is 44.2 Å². The Bertz CT molecular complexity index is 1380. The summed E-state index contributed by atoms with van der Waals surface area (Å²) in [7, 11) is 3.15. The number of carbonyl (C=O) groups excluding carboxylic acids is 1. The summed E-state index contributed by atoms with van der Waals surface area (Å²) in [6, 6.07) is 15.0. The lowest BCUT2D eigenvalue weighted by Crippen LogP contribution is -2.50. The molecule has 0 saturated carbocycles. The molecule has 1 saturated heterocycles. The molecule has 2 amide bonds. The molecule has 3 heterocycles. The Morgan fingerprint density at radius 2 is 1.81 bits per heavy atom. The number of rotatable bonds is 7. The van der Waals surface area contributed by atoms with Gasteiger partial charge in [-0.1, -0.05) is 42.4 Å². The van der Waals surface area contributed by atoms with Gasteiger partial charge in [-0.2, -0.15) is 4.98 Å². The highest BCUT2D eigenvalue weighted by Gasteiger charge is 2.27. The van der Waals surface area contributed by atoms with Crippen molar-refractivity contribution >= 4 is 28.6 Å². The number of methoxy groups -OCH3 is 2. The molecule has 4 aromatic rings. The first-order chi connectivity index (χ1) is 18.1. The van der Waals surface area contributed by atoms with Crippen molar-refractivity contribution in [2.45, 2.75) is 19.8 Å². The van der Waals surface area contributed by atoms with E-state index in [0.717, 1.165) is 41.1 Å². The van der Waals surface area contributed by atoms with Crippen LogP contribution in [0.15, 0.2) is 53.1 Å². The van der Waals surface area contributed by atoms with Gasteiger partial charge in [-0.3, -0.25) is 0 Å². The highest BCUT2D eigenvalue weighted by Crippen LogP contribution is 2.34. The summed E-state index contributed by atoms with van der Waals surface area (Å²) in [6.45, 7) is 4.39. The summed E-state index contributed by atoms with van der Waals surface area (Å²) in [5.41, 5.74) is 2.75. The van der Waals surface area contributed by atoms with Gasteiger partial charge >= 0.3 is 6.03 Å². The van der Waals surface area contributed by atoms with Gasteiger partial charge in [0.1, 0.15) is 34.2 Å². The average molecular weight is 503 g/mol. The van der Waals surface area contributed by atoms with Crippen molar-refractivity contribution in [2.24, 2.45) is 0 Å². The lowest BCUT2D eigenvalue weighted by molar-refractivity contribution is 0.208. The number of benzene rings is 2. The molecule has 1 fully saturated rings. The zero-order chi connectivity index (χ0) is 25.8. The quantitative estimate of drug-likeness (QED) is 0.391. The third-order valence-corrected chi connectivity index (χ3v) is 6.40. The van der Waals surface area contributed by atoms with Gasteiger partial charge in [0.15, 0.2) is 0 Å². The Morgan fingerprint density at radius 3 is 2.51 bits per heavy atom. The second kappa shape index (κ2) is 10.7. The standard InChI is InChI=1S/C27H30N6O4/c1-4-8-22-29-25(23-24(31-37-26(23)30-22)18-9-6-5-7-10-18)32-13-15-33(16-14-32)27(34)28-20-12-11-19(35-2)17-21(20)36-3/h5-7,9-12,17H,4,8,13-16H2,1-3H3,(H,28,34). The van der Waals surface area contributed by atoms with Crippen molar-refractivity contribution in [3.8, 4) is 22.8 Å². The largest absolute Gasteiger partial charge is 0.497 e. The lowest BCUT2D eigenvalue weighted by atomic mass is 10.1. The Balaban J connectivity index is 1.37. The number of aryl methyl sites for hydroxylation is 1. The highest BCUT2D eigenvalue weighted by molar-refractivity contribution is 5.98. The van der Waals surface area contributed by atoms with Crippen LogP contribution in [-0.2, 0) is 6.42 Å². The molecule has 5 rings (SSSR count). The first kappa shape index (κ1) is 24.4. The van der Waals surface area contributed by atoms with Crippen molar-refractivity contribution in [2.75, 3.05) is 50.6 Å². The van der Waals surface area contributed by atoms with Gasteiger partial charge < -0.3 is 29.1 Å². The van der Waals surface area contributed by atoms with Crippen LogP contribution in [0.1, 0.15) is 19.2 Å². The summed E-state index contributed by atoms with van der Waals surface area (Å²) in [4.78, 5) is 26.6. The maximum atomic E-state index is 13.0. The number of nitrogens with zero attached hydrogens (tertiary/aromatic N) is 5. The number of amides is 2. The summed E-state index contributed by atoms with van der Waals surface area (Å²) < 4.78 is 16.3. The normalized spacial score (nSPS) is 13.6. The lowest BCUT2D eigenvalue weighted by Gasteiger charge is -2.35. The molecule has 0 bridgehead atoms. The van der Waals surface area contributed by atoms with E-state index in [1.165, 1.54) is 0 Å². The molecule has 0 atom stereocenters. The maximum Gasteiger partial charge on any atom is 0.322 e. The number of urea groups is 1. The summed E-state index contributed by atoms with van der Waals surface area (Å²) in [5, 5.41) is 8.10. The van der Waals surface area contributed by atoms with Gasteiger partial charge in [0.25, 0.3) is 5.71 Å². The fraction of sp³-hybridized carbons (Fsp3) is 0.333. The fourth-order valence-corrected chi connectivity index (χ4v) is 4.45. The molecule has 0 spiro atoms. The number of fused-ring (bicyclic) bond motifs is 1. The van der Waals surface area contributed by atoms with Gasteiger partial charge in [0.2, 0.25) is 0 Å². The maximum absolute atomic E-state index is 13.0. The fourth-order valence-electron chi connectivity index (χ4n) is 4.45. The van der Waals surface area contributed by atoms with Crippen molar-refractivity contribution in [3.63, 3.8) is 0 Å². The molecular formula is C27H30N6O4. The topological polar surface area (TPSA) is 106 Å². The molecule has 0 unspecified atom stereocenters. The van der Waals surface area contributed by atoms with Gasteiger partial charge in [-0.15, -0.1) is 0 Å². The molecule has 0 radical (unpaired) electrons. The van der Waals surface area contributed by atoms with Crippen molar-refractivity contribution in [1.29, 1.82) is 0 Å². The molecule has 10 heteroatoms. The Morgan fingerprint density at radius 1 is 1.03 bits per heavy atom. The van der Waals surface area contributed by atoms with Crippen molar-refractivity contribution < 1.29 is 18.8 Å². The van der Waals surface area contributed by atoms with E-state index in [-0.39, 0.29) is 6.03 Å². The van der Waals surface area contributed by atoms with E-state index in [4.69, 9.17) is 19.0 Å². The van der Waals surface area contributed by atoms with E-state index >= 15 is 0 Å². The second-order valence-corrected chi connectivity index (χ2v) is 8.76. The minimum absolute atomic E-state index is 0.183. The minimum atomic E-state index is -0.183. The average Bonchev–Trinajstić information content (AvgIpc) is 3.37. The molecule has 0 aliphatic carbocycles. The zero-order valence-electron chi connectivity index (χ0n) is 21.2. The summed E-state index contributed by atoms with van der Waals surface area (Å²) in [6.07, 6.45) is 1.67. The SMILES string of the molecule is CCCc1nc(N2CCN(C(=O)Nc3ccc(OC)cc3OC)CC2)c2c(-c3ccccc3)noc2n1. The van der Waals surface area contributed by atoms with Crippen LogP contribution in [0.4, 0.5) is 16.3 Å². The molecule has 37 heavy (non-hydrogen) atoms. The Hall–Kier alpha value is -4.34. The molecule has 2 aromatic carbocycles. The Kier molecular flexibility index (Phi) is 7.07. The number of aromatic nitrogens is 3. The van der Waals surface area contributed by atoms with Crippen LogP contribution in [0.2, 0.25) is 0 Å². The van der Waals surface area contributed by atoms with Crippen LogP contribution in [-0.4, -0.2) is 66.5 Å². The summed E-state index contributed by atoms with van der Waals surface area (Å²) in [5.74, 6) is 2.72. The molecule has 1 aliphatic rings. The van der Waals surface area contributed by atoms with Crippen molar-refractivity contribution in [3.05, 3.63) is 54.4 Å². The molecule has 10 nitrogen and oxygen atoms in total. The molecule has 1 N–H and O–H groups in total. The van der Waals surface area contributed by atoms with E-state index < -0.39 is 0 Å². The first-order valence-corrected chi connectivity index (χ1v) is 12.4. The van der Waals surface area contributed by atoms with E-state index in [9.17, 15) is 4.79 Å². The van der Waals surface area contributed by atoms with Gasteiger partial charge in [-0.25, -0.2) is 9.78 Å². The summed E-state index contributed by atoms with van der Waals surface area (Å²) >= 11 is 0.